The van der Waals surface area contributed by atoms with Gasteiger partial charge in [-0.3, -0.25) is 9.59 Å². The summed E-state index contributed by atoms with van der Waals surface area (Å²) in [4.78, 5) is 23.7. The molecule has 0 unspecified atom stereocenters. The molecule has 0 aromatic heterocycles. The van der Waals surface area contributed by atoms with Gasteiger partial charge in [0.25, 0.3) is 0 Å². The summed E-state index contributed by atoms with van der Waals surface area (Å²) in [5, 5.41) is 5.45. The molecule has 132 valence electrons. The second-order valence-electron chi connectivity index (χ2n) is 5.85. The third-order valence-electron chi connectivity index (χ3n) is 3.80. The van der Waals surface area contributed by atoms with Crippen LogP contribution in [0.1, 0.15) is 16.7 Å². The standard InChI is InChI=1S/C20H24N2O3/c1-15-6-5-7-16(12-15)13-19(23)22-14-20(24)21-11-10-17-8-3-4-9-18(17)25-2/h3-9,12H,10-11,13-14H2,1-2H3,(H,21,24)(H,22,23). The van der Waals surface area contributed by atoms with E-state index in [0.717, 1.165) is 22.4 Å². The van der Waals surface area contributed by atoms with Crippen LogP contribution >= 0.6 is 0 Å². The van der Waals surface area contributed by atoms with Crippen LogP contribution in [-0.4, -0.2) is 32.0 Å². The minimum Gasteiger partial charge on any atom is -0.496 e. The molecule has 0 aliphatic heterocycles. The summed E-state index contributed by atoms with van der Waals surface area (Å²) in [7, 11) is 1.63. The molecule has 2 N–H and O–H groups in total. The second kappa shape index (κ2) is 9.47. The maximum absolute atomic E-state index is 11.9. The van der Waals surface area contributed by atoms with E-state index in [-0.39, 0.29) is 24.8 Å². The Morgan fingerprint density at radius 3 is 2.56 bits per heavy atom. The van der Waals surface area contributed by atoms with Crippen molar-refractivity contribution in [3.63, 3.8) is 0 Å². The first kappa shape index (κ1) is 18.5. The van der Waals surface area contributed by atoms with Crippen LogP contribution in [0.15, 0.2) is 48.5 Å². The van der Waals surface area contributed by atoms with E-state index in [1.54, 1.807) is 7.11 Å². The molecule has 0 radical (unpaired) electrons. The highest BCUT2D eigenvalue weighted by molar-refractivity contribution is 5.85. The molecule has 5 heteroatoms. The van der Waals surface area contributed by atoms with Crippen LogP contribution in [0.5, 0.6) is 5.75 Å². The van der Waals surface area contributed by atoms with Gasteiger partial charge in [-0.1, -0.05) is 48.0 Å². The third kappa shape index (κ3) is 6.30. The summed E-state index contributed by atoms with van der Waals surface area (Å²) in [6.45, 7) is 2.46. The van der Waals surface area contributed by atoms with Gasteiger partial charge in [0.1, 0.15) is 5.75 Å². The Morgan fingerprint density at radius 1 is 1.00 bits per heavy atom. The number of ether oxygens (including phenoxy) is 1. The molecule has 2 aromatic carbocycles. The highest BCUT2D eigenvalue weighted by atomic mass is 16.5. The van der Waals surface area contributed by atoms with Crippen molar-refractivity contribution in [2.45, 2.75) is 19.8 Å². The maximum atomic E-state index is 11.9. The van der Waals surface area contributed by atoms with Crippen molar-refractivity contribution in [1.82, 2.24) is 10.6 Å². The van der Waals surface area contributed by atoms with Crippen LogP contribution < -0.4 is 15.4 Å². The minimum atomic E-state index is -0.201. The average molecular weight is 340 g/mol. The van der Waals surface area contributed by atoms with Gasteiger partial charge < -0.3 is 15.4 Å². The molecule has 0 fully saturated rings. The highest BCUT2D eigenvalue weighted by Gasteiger charge is 2.07. The molecule has 2 rings (SSSR count). The molecule has 0 aliphatic rings. The first-order valence-corrected chi connectivity index (χ1v) is 8.29. The quantitative estimate of drug-likeness (QED) is 0.773. The zero-order valence-corrected chi connectivity index (χ0v) is 14.7. The number of hydrogen-bond acceptors (Lipinski definition) is 3. The molecule has 0 spiro atoms. The summed E-state index contributed by atoms with van der Waals surface area (Å²) in [5.74, 6) is 0.446. The molecular formula is C20H24N2O3. The number of hydrogen-bond donors (Lipinski definition) is 2. The molecule has 0 aliphatic carbocycles. The van der Waals surface area contributed by atoms with Crippen LogP contribution in [0.3, 0.4) is 0 Å². The van der Waals surface area contributed by atoms with Gasteiger partial charge in [-0.15, -0.1) is 0 Å². The van der Waals surface area contributed by atoms with Crippen LogP contribution in [0, 0.1) is 6.92 Å². The molecule has 0 saturated carbocycles. The summed E-state index contributed by atoms with van der Waals surface area (Å²) in [5.41, 5.74) is 3.09. The second-order valence-corrected chi connectivity index (χ2v) is 5.85. The number of para-hydroxylation sites is 1. The number of benzene rings is 2. The van der Waals surface area contributed by atoms with Gasteiger partial charge >= 0.3 is 0 Å². The molecule has 25 heavy (non-hydrogen) atoms. The normalized spacial score (nSPS) is 10.2. The van der Waals surface area contributed by atoms with Crippen LogP contribution in [-0.2, 0) is 22.4 Å². The van der Waals surface area contributed by atoms with Gasteiger partial charge in [0.05, 0.1) is 20.1 Å². The SMILES string of the molecule is COc1ccccc1CCNC(=O)CNC(=O)Cc1cccc(C)c1. The molecule has 2 amide bonds. The molecule has 0 bridgehead atoms. The van der Waals surface area contributed by atoms with Crippen molar-refractivity contribution in [1.29, 1.82) is 0 Å². The van der Waals surface area contributed by atoms with Crippen molar-refractivity contribution in [3.05, 3.63) is 65.2 Å². The number of carbonyl (C=O) groups is 2. The van der Waals surface area contributed by atoms with Crippen molar-refractivity contribution < 1.29 is 14.3 Å². The van der Waals surface area contributed by atoms with E-state index >= 15 is 0 Å². The summed E-state index contributed by atoms with van der Waals surface area (Å²) >= 11 is 0. The van der Waals surface area contributed by atoms with Crippen LogP contribution in [0.4, 0.5) is 0 Å². The largest absolute Gasteiger partial charge is 0.496 e. The summed E-state index contributed by atoms with van der Waals surface area (Å²) in [6, 6.07) is 15.5. The average Bonchev–Trinajstić information content (AvgIpc) is 2.60. The first-order valence-electron chi connectivity index (χ1n) is 8.29. The van der Waals surface area contributed by atoms with Crippen molar-refractivity contribution in [2.24, 2.45) is 0 Å². The highest BCUT2D eigenvalue weighted by Crippen LogP contribution is 2.17. The van der Waals surface area contributed by atoms with E-state index in [2.05, 4.69) is 10.6 Å². The Kier molecular flexibility index (Phi) is 7.01. The lowest BCUT2D eigenvalue weighted by Crippen LogP contribution is -2.38. The monoisotopic (exact) mass is 340 g/mol. The Balaban J connectivity index is 1.69. The first-order chi connectivity index (χ1) is 12.1. The minimum absolute atomic E-state index is 0.0173. The van der Waals surface area contributed by atoms with Gasteiger partial charge in [0, 0.05) is 6.54 Å². The summed E-state index contributed by atoms with van der Waals surface area (Å²) in [6.07, 6.45) is 0.948. The van der Waals surface area contributed by atoms with E-state index in [1.807, 2.05) is 55.5 Å². The zero-order chi connectivity index (χ0) is 18.1. The Bertz CT molecular complexity index is 728. The molecule has 0 saturated heterocycles. The number of carbonyl (C=O) groups excluding carboxylic acids is 2. The Morgan fingerprint density at radius 2 is 1.80 bits per heavy atom. The van der Waals surface area contributed by atoms with E-state index in [9.17, 15) is 9.59 Å². The van der Waals surface area contributed by atoms with Gasteiger partial charge in [-0.25, -0.2) is 0 Å². The maximum Gasteiger partial charge on any atom is 0.239 e. The van der Waals surface area contributed by atoms with Crippen LogP contribution in [0.2, 0.25) is 0 Å². The van der Waals surface area contributed by atoms with Crippen molar-refractivity contribution >= 4 is 11.8 Å². The smallest absolute Gasteiger partial charge is 0.239 e. The lowest BCUT2D eigenvalue weighted by atomic mass is 10.1. The van der Waals surface area contributed by atoms with Crippen molar-refractivity contribution in [3.8, 4) is 5.75 Å². The number of rotatable bonds is 8. The fourth-order valence-electron chi connectivity index (χ4n) is 2.56. The number of aryl methyl sites for hydroxylation is 1. The topological polar surface area (TPSA) is 67.4 Å². The van der Waals surface area contributed by atoms with Gasteiger partial charge in [-0.05, 0) is 30.5 Å². The number of amides is 2. The fraction of sp³-hybridized carbons (Fsp3) is 0.300. The predicted octanol–water partition coefficient (Wildman–Crippen LogP) is 2.02. The van der Waals surface area contributed by atoms with E-state index in [4.69, 9.17) is 4.74 Å². The molecule has 2 aromatic rings. The van der Waals surface area contributed by atoms with Gasteiger partial charge in [0.15, 0.2) is 0 Å². The number of methoxy groups -OCH3 is 1. The van der Waals surface area contributed by atoms with E-state index in [1.165, 1.54) is 0 Å². The van der Waals surface area contributed by atoms with Gasteiger partial charge in [0.2, 0.25) is 11.8 Å². The van der Waals surface area contributed by atoms with E-state index < -0.39 is 0 Å². The molecule has 0 atom stereocenters. The zero-order valence-electron chi connectivity index (χ0n) is 14.7. The molecular weight excluding hydrogens is 316 g/mol. The number of nitrogens with one attached hydrogen (secondary N) is 2. The summed E-state index contributed by atoms with van der Waals surface area (Å²) < 4.78 is 5.28. The van der Waals surface area contributed by atoms with E-state index in [0.29, 0.717) is 13.0 Å². The van der Waals surface area contributed by atoms with Crippen molar-refractivity contribution in [2.75, 3.05) is 20.2 Å². The van der Waals surface area contributed by atoms with Crippen LogP contribution in [0.25, 0.3) is 0 Å². The Labute approximate surface area is 148 Å². The predicted molar refractivity (Wildman–Crippen MR) is 97.6 cm³/mol. The van der Waals surface area contributed by atoms with Gasteiger partial charge in [-0.2, -0.15) is 0 Å². The third-order valence-corrected chi connectivity index (χ3v) is 3.80. The fourth-order valence-corrected chi connectivity index (χ4v) is 2.56. The molecule has 5 nitrogen and oxygen atoms in total. The molecule has 0 heterocycles. The Hall–Kier alpha value is -2.82. The lowest BCUT2D eigenvalue weighted by Gasteiger charge is -2.10. The lowest BCUT2D eigenvalue weighted by molar-refractivity contribution is -0.125.